The lowest BCUT2D eigenvalue weighted by Crippen LogP contribution is -2.30. The van der Waals surface area contributed by atoms with E-state index in [0.29, 0.717) is 9.26 Å². The van der Waals surface area contributed by atoms with Crippen LogP contribution in [0.15, 0.2) is 18.2 Å². The average Bonchev–Trinajstić information content (AvgIpc) is 2.50. The van der Waals surface area contributed by atoms with Gasteiger partial charge < -0.3 is 5.32 Å². The van der Waals surface area contributed by atoms with Gasteiger partial charge in [0.15, 0.2) is 0 Å². The second-order valence-corrected chi connectivity index (χ2v) is 4.60. The van der Waals surface area contributed by atoms with E-state index < -0.39 is 6.04 Å². The van der Waals surface area contributed by atoms with Gasteiger partial charge in [0.25, 0.3) is 0 Å². The summed E-state index contributed by atoms with van der Waals surface area (Å²) in [5, 5.41) is 5.11. The molecule has 1 aliphatic heterocycles. The van der Waals surface area contributed by atoms with Gasteiger partial charge in [-0.1, -0.05) is 0 Å². The summed E-state index contributed by atoms with van der Waals surface area (Å²) >= 11 is 1.97. The van der Waals surface area contributed by atoms with Crippen LogP contribution in [0, 0.1) is 9.39 Å². The van der Waals surface area contributed by atoms with Crippen LogP contribution in [0.4, 0.5) is 10.1 Å². The number of hydrogen-bond acceptors (Lipinski definition) is 3. The summed E-state index contributed by atoms with van der Waals surface area (Å²) in [5.74, 6) is -0.966. The van der Waals surface area contributed by atoms with Crippen LogP contribution in [0.25, 0.3) is 0 Å². The van der Waals surface area contributed by atoms with Gasteiger partial charge in [0, 0.05) is 9.26 Å². The van der Waals surface area contributed by atoms with Crippen LogP contribution >= 0.6 is 22.6 Å². The van der Waals surface area contributed by atoms with Crippen molar-refractivity contribution >= 4 is 40.1 Å². The van der Waals surface area contributed by atoms with Crippen LogP contribution in [0.1, 0.15) is 6.42 Å². The van der Waals surface area contributed by atoms with Gasteiger partial charge in [-0.2, -0.15) is 0 Å². The minimum atomic E-state index is -0.563. The van der Waals surface area contributed by atoms with Crippen LogP contribution in [0.5, 0.6) is 0 Å². The molecule has 1 aromatic rings. The Labute approximate surface area is 105 Å². The average molecular weight is 334 g/mol. The third kappa shape index (κ3) is 2.31. The highest BCUT2D eigenvalue weighted by molar-refractivity contribution is 14.1. The molecule has 1 atom stereocenters. The molecule has 2 N–H and O–H groups in total. The molecule has 0 saturated carbocycles. The van der Waals surface area contributed by atoms with Gasteiger partial charge in [-0.05, 0) is 40.8 Å². The summed E-state index contributed by atoms with van der Waals surface area (Å²) in [4.78, 5) is 22.3. The zero-order valence-electron chi connectivity index (χ0n) is 8.09. The molecule has 1 unspecified atom stereocenters. The largest absolute Gasteiger partial charge is 0.372 e. The Morgan fingerprint density at radius 2 is 2.19 bits per heavy atom. The van der Waals surface area contributed by atoms with E-state index in [1.807, 2.05) is 22.6 Å². The first kappa shape index (κ1) is 11.3. The van der Waals surface area contributed by atoms with E-state index in [9.17, 15) is 14.0 Å². The van der Waals surface area contributed by atoms with Gasteiger partial charge >= 0.3 is 0 Å². The minimum Gasteiger partial charge on any atom is -0.372 e. The van der Waals surface area contributed by atoms with Gasteiger partial charge in [0.05, 0.1) is 6.42 Å². The van der Waals surface area contributed by atoms with E-state index in [4.69, 9.17) is 0 Å². The molecule has 0 bridgehead atoms. The quantitative estimate of drug-likeness (QED) is 0.632. The number of anilines is 1. The van der Waals surface area contributed by atoms with Crippen molar-refractivity contribution in [2.24, 2.45) is 0 Å². The number of halogens is 2. The molecule has 1 aliphatic rings. The number of hydrogen-bond donors (Lipinski definition) is 2. The number of carbonyl (C=O) groups excluding carboxylic acids is 2. The monoisotopic (exact) mass is 334 g/mol. The van der Waals surface area contributed by atoms with Crippen molar-refractivity contribution in [2.75, 3.05) is 5.32 Å². The Balaban J connectivity index is 2.15. The van der Waals surface area contributed by atoms with Crippen molar-refractivity contribution in [1.82, 2.24) is 5.32 Å². The maximum atomic E-state index is 12.8. The Morgan fingerprint density at radius 3 is 2.75 bits per heavy atom. The molecule has 6 heteroatoms. The number of nitrogens with one attached hydrogen (secondary N) is 2. The normalized spacial score (nSPS) is 19.8. The number of carbonyl (C=O) groups is 2. The number of imide groups is 1. The van der Waals surface area contributed by atoms with Crippen molar-refractivity contribution in [2.45, 2.75) is 12.5 Å². The van der Waals surface area contributed by atoms with Crippen LogP contribution in [-0.4, -0.2) is 17.9 Å². The molecule has 4 nitrogen and oxygen atoms in total. The highest BCUT2D eigenvalue weighted by Gasteiger charge is 2.30. The third-order valence-electron chi connectivity index (χ3n) is 2.23. The first-order valence-corrected chi connectivity index (χ1v) is 5.69. The van der Waals surface area contributed by atoms with Crippen molar-refractivity contribution in [1.29, 1.82) is 0 Å². The molecule has 1 heterocycles. The summed E-state index contributed by atoms with van der Waals surface area (Å²) in [6.07, 6.45) is 0.117. The molecule has 2 amide bonds. The number of amides is 2. The molecule has 16 heavy (non-hydrogen) atoms. The maximum Gasteiger partial charge on any atom is 0.249 e. The lowest BCUT2D eigenvalue weighted by Gasteiger charge is -2.12. The van der Waals surface area contributed by atoms with Gasteiger partial charge in [0.2, 0.25) is 11.8 Å². The highest BCUT2D eigenvalue weighted by atomic mass is 127. The lowest BCUT2D eigenvalue weighted by atomic mass is 10.2. The predicted molar refractivity (Wildman–Crippen MR) is 64.3 cm³/mol. The summed E-state index contributed by atoms with van der Waals surface area (Å²) in [5.41, 5.74) is 0.650. The van der Waals surface area contributed by atoms with E-state index in [-0.39, 0.29) is 24.1 Å². The molecule has 2 rings (SSSR count). The molecular formula is C10H8FIN2O2. The summed E-state index contributed by atoms with van der Waals surface area (Å²) in [7, 11) is 0. The summed E-state index contributed by atoms with van der Waals surface area (Å²) < 4.78 is 13.5. The molecule has 0 spiro atoms. The maximum absolute atomic E-state index is 12.8. The van der Waals surface area contributed by atoms with Crippen LogP contribution in [-0.2, 0) is 9.59 Å². The Kier molecular flexibility index (Phi) is 3.08. The Hall–Kier alpha value is -1.18. The molecule has 1 aromatic carbocycles. The van der Waals surface area contributed by atoms with E-state index in [1.165, 1.54) is 12.1 Å². The molecule has 1 fully saturated rings. The van der Waals surface area contributed by atoms with Gasteiger partial charge in [0.1, 0.15) is 11.9 Å². The molecular weight excluding hydrogens is 326 g/mol. The molecule has 0 aromatic heterocycles. The van der Waals surface area contributed by atoms with Crippen molar-refractivity contribution in [3.63, 3.8) is 0 Å². The zero-order chi connectivity index (χ0) is 11.7. The fraction of sp³-hybridized carbons (Fsp3) is 0.200. The fourth-order valence-corrected chi connectivity index (χ4v) is 2.10. The minimum absolute atomic E-state index is 0.117. The van der Waals surface area contributed by atoms with Crippen LogP contribution in [0.3, 0.4) is 0 Å². The zero-order valence-corrected chi connectivity index (χ0v) is 10.2. The predicted octanol–water partition coefficient (Wildman–Crippen LogP) is 1.26. The van der Waals surface area contributed by atoms with Crippen molar-refractivity contribution < 1.29 is 14.0 Å². The fourth-order valence-electron chi connectivity index (χ4n) is 1.46. The highest BCUT2D eigenvalue weighted by Crippen LogP contribution is 2.21. The number of rotatable bonds is 2. The Morgan fingerprint density at radius 1 is 1.44 bits per heavy atom. The summed E-state index contributed by atoms with van der Waals surface area (Å²) in [6.45, 7) is 0. The SMILES string of the molecule is O=C1CC(Nc2ccc(F)cc2I)C(=O)N1. The van der Waals surface area contributed by atoms with Gasteiger partial charge in [-0.25, -0.2) is 4.39 Å². The second-order valence-electron chi connectivity index (χ2n) is 3.44. The first-order chi connectivity index (χ1) is 7.56. The van der Waals surface area contributed by atoms with Crippen LogP contribution < -0.4 is 10.6 Å². The van der Waals surface area contributed by atoms with E-state index in [2.05, 4.69) is 10.6 Å². The van der Waals surface area contributed by atoms with Crippen molar-refractivity contribution in [3.8, 4) is 0 Å². The summed E-state index contributed by atoms with van der Waals surface area (Å²) in [6, 6.07) is 3.65. The number of benzene rings is 1. The second kappa shape index (κ2) is 4.36. The van der Waals surface area contributed by atoms with Gasteiger partial charge in [-0.3, -0.25) is 14.9 Å². The molecule has 84 valence electrons. The molecule has 1 saturated heterocycles. The van der Waals surface area contributed by atoms with Crippen LogP contribution in [0.2, 0.25) is 0 Å². The first-order valence-electron chi connectivity index (χ1n) is 4.61. The Bertz CT molecular complexity index is 464. The van der Waals surface area contributed by atoms with E-state index in [1.54, 1.807) is 6.07 Å². The lowest BCUT2D eigenvalue weighted by molar-refractivity contribution is -0.124. The molecule has 0 aliphatic carbocycles. The smallest absolute Gasteiger partial charge is 0.249 e. The van der Waals surface area contributed by atoms with E-state index >= 15 is 0 Å². The van der Waals surface area contributed by atoms with E-state index in [0.717, 1.165) is 0 Å². The molecule has 0 radical (unpaired) electrons. The van der Waals surface area contributed by atoms with Gasteiger partial charge in [-0.15, -0.1) is 0 Å². The van der Waals surface area contributed by atoms with Crippen molar-refractivity contribution in [3.05, 3.63) is 27.6 Å². The standard InChI is InChI=1S/C10H8FIN2O2/c11-5-1-2-7(6(12)3-5)13-8-4-9(15)14-10(8)16/h1-3,8,13H,4H2,(H,14,15,16). The topological polar surface area (TPSA) is 58.2 Å². The third-order valence-corrected chi connectivity index (χ3v) is 3.12.